The number of likely N-dealkylation sites (tertiary alicyclic amines) is 1. The van der Waals surface area contributed by atoms with Gasteiger partial charge in [-0.1, -0.05) is 66.5 Å². The molecule has 1 fully saturated rings. The van der Waals surface area contributed by atoms with Gasteiger partial charge >= 0.3 is 0 Å². The number of hydrogen-bond acceptors (Lipinski definition) is 3. The van der Waals surface area contributed by atoms with Crippen LogP contribution in [0.4, 0.5) is 5.69 Å². The summed E-state index contributed by atoms with van der Waals surface area (Å²) < 4.78 is 0. The molecule has 0 aliphatic carbocycles. The average Bonchev–Trinajstić information content (AvgIpc) is 3.20. The van der Waals surface area contributed by atoms with Crippen molar-refractivity contribution in [1.82, 2.24) is 4.90 Å². The number of rotatable bonds is 4. The molecule has 1 atom stereocenters. The van der Waals surface area contributed by atoms with E-state index in [4.69, 9.17) is 5.26 Å². The van der Waals surface area contributed by atoms with E-state index in [2.05, 4.69) is 44.0 Å². The molecule has 2 aromatic rings. The molecule has 5 heteroatoms. The first-order valence-electron chi connectivity index (χ1n) is 10.0. The molecule has 0 spiro atoms. The van der Waals surface area contributed by atoms with E-state index in [-0.39, 0.29) is 66.9 Å². The van der Waals surface area contributed by atoms with Crippen LogP contribution in [0.5, 0.6) is 0 Å². The molecule has 1 amide bonds. The van der Waals surface area contributed by atoms with Gasteiger partial charge in [-0.25, -0.2) is 0 Å². The van der Waals surface area contributed by atoms with Gasteiger partial charge < -0.3 is 5.32 Å². The predicted molar refractivity (Wildman–Crippen MR) is 135 cm³/mol. The second-order valence-electron chi connectivity index (χ2n) is 7.74. The smallest absolute Gasteiger partial charge is 0.241 e. The Bertz CT molecular complexity index is 800. The summed E-state index contributed by atoms with van der Waals surface area (Å²) in [5.74, 6) is 0.630. The SMILES string of the molecule is C.C.C.CC(C)N1CCCC1C(=O)Nc1ccccc1.CC(C)c1cccc(C#N)c1.[Y]. The Labute approximate surface area is 222 Å². The summed E-state index contributed by atoms with van der Waals surface area (Å²) in [7, 11) is 0. The fourth-order valence-electron chi connectivity index (χ4n) is 3.40. The number of para-hydroxylation sites is 1. The number of benzene rings is 2. The third-order valence-corrected chi connectivity index (χ3v) is 4.98. The first-order valence-corrected chi connectivity index (χ1v) is 10.0. The summed E-state index contributed by atoms with van der Waals surface area (Å²) in [6.45, 7) is 9.57. The molecule has 3 rings (SSSR count). The van der Waals surface area contributed by atoms with Gasteiger partial charge in [0.2, 0.25) is 5.91 Å². The summed E-state index contributed by atoms with van der Waals surface area (Å²) in [6.07, 6.45) is 2.09. The van der Waals surface area contributed by atoms with Crippen LogP contribution in [0.3, 0.4) is 0 Å². The summed E-state index contributed by atoms with van der Waals surface area (Å²) >= 11 is 0. The van der Waals surface area contributed by atoms with Gasteiger partial charge in [-0.2, -0.15) is 5.26 Å². The maximum Gasteiger partial charge on any atom is 0.241 e. The summed E-state index contributed by atoms with van der Waals surface area (Å²) in [4.78, 5) is 14.5. The van der Waals surface area contributed by atoms with Crippen LogP contribution >= 0.6 is 0 Å². The number of nitrogens with zero attached hydrogens (tertiary/aromatic N) is 2. The maximum atomic E-state index is 12.2. The third kappa shape index (κ3) is 10.9. The molecule has 0 saturated carbocycles. The second-order valence-corrected chi connectivity index (χ2v) is 7.74. The van der Waals surface area contributed by atoms with Crippen LogP contribution in [0, 0.1) is 11.3 Å². The van der Waals surface area contributed by atoms with Crippen molar-refractivity contribution in [2.45, 2.75) is 80.8 Å². The molecule has 32 heavy (non-hydrogen) atoms. The summed E-state index contributed by atoms with van der Waals surface area (Å²) in [5, 5.41) is 11.6. The Hall–Kier alpha value is -1.54. The number of hydrogen-bond donors (Lipinski definition) is 1. The molecule has 0 aromatic heterocycles. The molecule has 1 aliphatic rings. The van der Waals surface area contributed by atoms with Crippen LogP contribution in [0.1, 0.15) is 79.9 Å². The number of anilines is 1. The first kappa shape index (κ1) is 35.1. The fourth-order valence-corrected chi connectivity index (χ4v) is 3.40. The van der Waals surface area contributed by atoms with Gasteiger partial charge in [0.25, 0.3) is 0 Å². The van der Waals surface area contributed by atoms with Crippen LogP contribution in [0.2, 0.25) is 0 Å². The van der Waals surface area contributed by atoms with Gasteiger partial charge in [0.15, 0.2) is 0 Å². The maximum absolute atomic E-state index is 12.2. The Morgan fingerprint density at radius 3 is 2.19 bits per heavy atom. The number of nitriles is 1. The van der Waals surface area contributed by atoms with Crippen molar-refractivity contribution in [1.29, 1.82) is 5.26 Å². The topological polar surface area (TPSA) is 56.1 Å². The quantitative estimate of drug-likeness (QED) is 0.474. The molecule has 1 radical (unpaired) electrons. The zero-order chi connectivity index (χ0) is 20.5. The van der Waals surface area contributed by atoms with Crippen molar-refractivity contribution >= 4 is 11.6 Å². The van der Waals surface area contributed by atoms with E-state index in [0.29, 0.717) is 12.0 Å². The van der Waals surface area contributed by atoms with Crippen molar-refractivity contribution in [3.05, 3.63) is 65.7 Å². The molecule has 1 N–H and O–H groups in total. The largest absolute Gasteiger partial charge is 0.325 e. The summed E-state index contributed by atoms with van der Waals surface area (Å²) in [5.41, 5.74) is 2.85. The number of carbonyl (C=O) groups excluding carboxylic acids is 1. The van der Waals surface area contributed by atoms with Crippen molar-refractivity contribution < 1.29 is 37.5 Å². The Morgan fingerprint density at radius 1 is 1.03 bits per heavy atom. The molecular weight excluding hydrogens is 471 g/mol. The standard InChI is InChI=1S/C14H20N2O.C10H11N.3CH4.Y/c1-11(2)16-10-6-9-13(16)14(17)15-12-7-4-3-5-8-12;1-8(2)10-5-3-4-9(6-10)7-11;;;;/h3-5,7-8,11,13H,6,9-10H2,1-2H3,(H,15,17);3-6,8H,1-2H3;3*1H4;. The normalized spacial score (nSPS) is 14.3. The molecular formula is C27H43N3OY. The van der Waals surface area contributed by atoms with Crippen LogP contribution in [-0.4, -0.2) is 29.4 Å². The molecule has 1 unspecified atom stereocenters. The molecule has 4 nitrogen and oxygen atoms in total. The van der Waals surface area contributed by atoms with Gasteiger partial charge in [0.05, 0.1) is 17.7 Å². The zero-order valence-corrected chi connectivity index (χ0v) is 20.8. The predicted octanol–water partition coefficient (Wildman–Crippen LogP) is 7.09. The Balaban J connectivity index is -0.000000500. The van der Waals surface area contributed by atoms with Gasteiger partial charge in [0, 0.05) is 44.4 Å². The monoisotopic (exact) mass is 514 g/mol. The number of carbonyl (C=O) groups is 1. The number of amides is 1. The minimum atomic E-state index is 0. The third-order valence-electron chi connectivity index (χ3n) is 4.98. The van der Waals surface area contributed by atoms with Gasteiger partial charge in [-0.3, -0.25) is 9.69 Å². The first-order chi connectivity index (χ1) is 13.4. The van der Waals surface area contributed by atoms with E-state index in [9.17, 15) is 4.79 Å². The van der Waals surface area contributed by atoms with E-state index in [1.807, 2.05) is 54.6 Å². The van der Waals surface area contributed by atoms with Crippen LogP contribution in [0.15, 0.2) is 54.6 Å². The van der Waals surface area contributed by atoms with Gasteiger partial charge in [0.1, 0.15) is 0 Å². The van der Waals surface area contributed by atoms with Crippen LogP contribution < -0.4 is 5.32 Å². The second kappa shape index (κ2) is 18.0. The molecule has 1 saturated heterocycles. The minimum Gasteiger partial charge on any atom is -0.325 e. The van der Waals surface area contributed by atoms with E-state index in [1.54, 1.807) is 0 Å². The molecule has 1 aliphatic heterocycles. The average molecular weight is 515 g/mol. The van der Waals surface area contributed by atoms with E-state index in [0.717, 1.165) is 30.6 Å². The van der Waals surface area contributed by atoms with Crippen LogP contribution in [-0.2, 0) is 37.5 Å². The fraction of sp³-hybridized carbons (Fsp3) is 0.481. The molecule has 2 aromatic carbocycles. The zero-order valence-electron chi connectivity index (χ0n) is 17.9. The van der Waals surface area contributed by atoms with Gasteiger partial charge in [-0.15, -0.1) is 0 Å². The van der Waals surface area contributed by atoms with E-state index >= 15 is 0 Å². The molecule has 0 bridgehead atoms. The van der Waals surface area contributed by atoms with Crippen molar-refractivity contribution in [2.75, 3.05) is 11.9 Å². The Kier molecular flexibility index (Phi) is 19.7. The van der Waals surface area contributed by atoms with Crippen molar-refractivity contribution in [2.24, 2.45) is 0 Å². The van der Waals surface area contributed by atoms with Crippen LogP contribution in [0.25, 0.3) is 0 Å². The van der Waals surface area contributed by atoms with Crippen molar-refractivity contribution in [3.63, 3.8) is 0 Å². The van der Waals surface area contributed by atoms with Gasteiger partial charge in [-0.05, 0) is 69.0 Å². The van der Waals surface area contributed by atoms with E-state index in [1.165, 1.54) is 5.56 Å². The Morgan fingerprint density at radius 2 is 1.66 bits per heavy atom. The van der Waals surface area contributed by atoms with Crippen molar-refractivity contribution in [3.8, 4) is 6.07 Å². The van der Waals surface area contributed by atoms with E-state index < -0.39 is 0 Å². The number of nitrogens with one attached hydrogen (secondary N) is 1. The molecule has 1 heterocycles. The summed E-state index contributed by atoms with van der Waals surface area (Å²) in [6, 6.07) is 20.0. The molecule has 175 valence electrons. The minimum absolute atomic E-state index is 0.